The van der Waals surface area contributed by atoms with Crippen molar-refractivity contribution in [3.63, 3.8) is 0 Å². The molecular formula is C25H23N5O2S. The number of amides is 2. The van der Waals surface area contributed by atoms with E-state index in [1.165, 1.54) is 11.3 Å². The Morgan fingerprint density at radius 1 is 1.12 bits per heavy atom. The van der Waals surface area contributed by atoms with E-state index in [4.69, 9.17) is 4.98 Å². The van der Waals surface area contributed by atoms with Gasteiger partial charge in [-0.05, 0) is 19.1 Å². The zero-order valence-electron chi connectivity index (χ0n) is 18.4. The van der Waals surface area contributed by atoms with Crippen LogP contribution in [0.5, 0.6) is 0 Å². The monoisotopic (exact) mass is 457 g/mol. The molecule has 1 aliphatic heterocycles. The number of carbonyl (C=O) groups excluding carboxylic acids is 2. The van der Waals surface area contributed by atoms with Crippen molar-refractivity contribution in [2.75, 3.05) is 16.8 Å². The van der Waals surface area contributed by atoms with Crippen LogP contribution in [0.25, 0.3) is 22.0 Å². The topological polar surface area (TPSA) is 80.1 Å². The second-order valence-electron chi connectivity index (χ2n) is 8.15. The van der Waals surface area contributed by atoms with Gasteiger partial charge in [-0.2, -0.15) is 0 Å². The van der Waals surface area contributed by atoms with Crippen LogP contribution >= 0.6 is 11.3 Å². The van der Waals surface area contributed by atoms with Gasteiger partial charge in [0.25, 0.3) is 0 Å². The van der Waals surface area contributed by atoms with Crippen molar-refractivity contribution in [3.8, 4) is 22.0 Å². The third kappa shape index (κ3) is 4.17. The molecule has 2 amide bonds. The van der Waals surface area contributed by atoms with Gasteiger partial charge in [-0.25, -0.2) is 9.97 Å². The second kappa shape index (κ2) is 8.63. The highest BCUT2D eigenvalue weighted by Crippen LogP contribution is 2.38. The molecule has 0 bridgehead atoms. The second-order valence-corrected chi connectivity index (χ2v) is 9.15. The first-order valence-corrected chi connectivity index (χ1v) is 11.5. The van der Waals surface area contributed by atoms with Crippen LogP contribution in [-0.2, 0) is 16.6 Å². The fourth-order valence-electron chi connectivity index (χ4n) is 3.97. The predicted molar refractivity (Wildman–Crippen MR) is 130 cm³/mol. The molecule has 3 heterocycles. The number of anilines is 2. The van der Waals surface area contributed by atoms with Crippen LogP contribution in [0.2, 0.25) is 0 Å². The van der Waals surface area contributed by atoms with Gasteiger partial charge in [0.15, 0.2) is 11.0 Å². The summed E-state index contributed by atoms with van der Waals surface area (Å²) in [4.78, 5) is 37.4. The summed E-state index contributed by atoms with van der Waals surface area (Å²) in [7, 11) is 1.93. The molecular weight excluding hydrogens is 434 g/mol. The number of nitrogens with one attached hydrogen (secondary N) is 1. The molecule has 4 aromatic rings. The number of hydrogen-bond acceptors (Lipinski definition) is 5. The summed E-state index contributed by atoms with van der Waals surface area (Å²) < 4.78 is 1.93. The number of imidazole rings is 1. The summed E-state index contributed by atoms with van der Waals surface area (Å²) in [5.74, 6) is 0.113. The summed E-state index contributed by atoms with van der Waals surface area (Å²) in [6, 6.07) is 17.6. The van der Waals surface area contributed by atoms with Crippen LogP contribution in [0.3, 0.4) is 0 Å². The average molecular weight is 458 g/mol. The maximum absolute atomic E-state index is 13.1. The van der Waals surface area contributed by atoms with Crippen LogP contribution < -0.4 is 10.2 Å². The third-order valence-electron chi connectivity index (χ3n) is 5.77. The molecule has 166 valence electrons. The fraction of sp³-hybridized carbons (Fsp3) is 0.200. The number of benzene rings is 2. The summed E-state index contributed by atoms with van der Waals surface area (Å²) in [6.45, 7) is 2.36. The average Bonchev–Trinajstić information content (AvgIpc) is 3.53. The summed E-state index contributed by atoms with van der Waals surface area (Å²) >= 11 is 1.39. The Kier molecular flexibility index (Phi) is 5.51. The van der Waals surface area contributed by atoms with Crippen molar-refractivity contribution in [1.29, 1.82) is 0 Å². The van der Waals surface area contributed by atoms with Gasteiger partial charge < -0.3 is 14.8 Å². The van der Waals surface area contributed by atoms with E-state index >= 15 is 0 Å². The normalized spacial score (nSPS) is 15.8. The summed E-state index contributed by atoms with van der Waals surface area (Å²) in [5, 5.41) is 3.45. The van der Waals surface area contributed by atoms with Crippen LogP contribution in [0.15, 0.2) is 67.0 Å². The van der Waals surface area contributed by atoms with Gasteiger partial charge in [0, 0.05) is 43.7 Å². The van der Waals surface area contributed by atoms with Crippen LogP contribution in [0.1, 0.15) is 12.0 Å². The van der Waals surface area contributed by atoms with E-state index in [1.807, 2.05) is 79.3 Å². The molecule has 1 atom stereocenters. The smallest absolute Gasteiger partial charge is 0.231 e. The lowest BCUT2D eigenvalue weighted by Gasteiger charge is -2.16. The quantitative estimate of drug-likeness (QED) is 0.478. The Hall–Kier alpha value is -3.78. The molecule has 0 radical (unpaired) electrons. The molecule has 5 rings (SSSR count). The highest BCUT2D eigenvalue weighted by Gasteiger charge is 2.35. The number of carbonyl (C=O) groups is 2. The molecule has 33 heavy (non-hydrogen) atoms. The number of aromatic nitrogens is 3. The number of rotatable bonds is 5. The first-order valence-electron chi connectivity index (χ1n) is 10.7. The van der Waals surface area contributed by atoms with Crippen molar-refractivity contribution < 1.29 is 9.59 Å². The minimum absolute atomic E-state index is 0.0446. The Morgan fingerprint density at radius 3 is 2.58 bits per heavy atom. The standard InChI is InChI=1S/C25H23N5O2S/c1-16-8-10-19(11-9-16)30-15-18(14-20(30)31)24(32)28-25-27-21(17-6-4-3-5-7-17)22(33-25)23-26-12-13-29(23)2/h3-13,18H,14-15H2,1-2H3,(H,27,28,32). The van der Waals surface area contributed by atoms with E-state index in [-0.39, 0.29) is 18.2 Å². The first-order chi connectivity index (χ1) is 16.0. The zero-order valence-corrected chi connectivity index (χ0v) is 19.2. The Balaban J connectivity index is 1.39. The number of nitrogens with zero attached hydrogens (tertiary/aromatic N) is 4. The van der Waals surface area contributed by atoms with E-state index in [2.05, 4.69) is 10.3 Å². The van der Waals surface area contributed by atoms with Gasteiger partial charge in [-0.3, -0.25) is 9.59 Å². The number of aryl methyl sites for hydroxylation is 2. The molecule has 1 unspecified atom stereocenters. The van der Waals surface area contributed by atoms with Crippen molar-refractivity contribution in [2.45, 2.75) is 13.3 Å². The van der Waals surface area contributed by atoms with Gasteiger partial charge in [-0.15, -0.1) is 0 Å². The van der Waals surface area contributed by atoms with Gasteiger partial charge in [0.1, 0.15) is 0 Å². The fourth-order valence-corrected chi connectivity index (χ4v) is 5.00. The van der Waals surface area contributed by atoms with Gasteiger partial charge in [0.2, 0.25) is 11.8 Å². The van der Waals surface area contributed by atoms with E-state index in [0.29, 0.717) is 11.7 Å². The largest absolute Gasteiger partial charge is 0.333 e. The van der Waals surface area contributed by atoms with Gasteiger partial charge in [-0.1, -0.05) is 59.4 Å². The maximum Gasteiger partial charge on any atom is 0.231 e. The molecule has 1 aliphatic rings. The van der Waals surface area contributed by atoms with Crippen LogP contribution in [0, 0.1) is 12.8 Å². The van der Waals surface area contributed by atoms with E-state index in [9.17, 15) is 9.59 Å². The van der Waals surface area contributed by atoms with Crippen molar-refractivity contribution in [3.05, 3.63) is 72.6 Å². The molecule has 0 aliphatic carbocycles. The van der Waals surface area contributed by atoms with Crippen molar-refractivity contribution >= 4 is 34.0 Å². The Labute approximate surface area is 195 Å². The molecule has 8 heteroatoms. The maximum atomic E-state index is 13.1. The highest BCUT2D eigenvalue weighted by molar-refractivity contribution is 7.19. The number of thiazole rings is 1. The molecule has 0 spiro atoms. The SMILES string of the molecule is Cc1ccc(N2CC(C(=O)Nc3nc(-c4ccccc4)c(-c4nccn4C)s3)CC2=O)cc1. The van der Waals surface area contributed by atoms with Gasteiger partial charge >= 0.3 is 0 Å². The first kappa shape index (κ1) is 21.1. The summed E-state index contributed by atoms with van der Waals surface area (Å²) in [6.07, 6.45) is 3.81. The molecule has 1 N–H and O–H groups in total. The minimum atomic E-state index is -0.431. The van der Waals surface area contributed by atoms with Gasteiger partial charge in [0.05, 0.1) is 16.5 Å². The molecule has 7 nitrogen and oxygen atoms in total. The van der Waals surface area contributed by atoms with Crippen molar-refractivity contribution in [1.82, 2.24) is 14.5 Å². The molecule has 1 saturated heterocycles. The number of hydrogen-bond donors (Lipinski definition) is 1. The van der Waals surface area contributed by atoms with Crippen molar-refractivity contribution in [2.24, 2.45) is 13.0 Å². The predicted octanol–water partition coefficient (Wildman–Crippen LogP) is 4.51. The molecule has 2 aromatic heterocycles. The third-order valence-corrected chi connectivity index (χ3v) is 6.74. The Morgan fingerprint density at radius 2 is 1.88 bits per heavy atom. The zero-order chi connectivity index (χ0) is 22.9. The molecule has 0 saturated carbocycles. The van der Waals surface area contributed by atoms with Crippen LogP contribution in [0.4, 0.5) is 10.8 Å². The summed E-state index contributed by atoms with van der Waals surface area (Å²) in [5.41, 5.74) is 3.67. The van der Waals surface area contributed by atoms with Crippen LogP contribution in [-0.4, -0.2) is 32.9 Å². The van der Waals surface area contributed by atoms with E-state index in [0.717, 1.165) is 33.2 Å². The molecule has 1 fully saturated rings. The lowest BCUT2D eigenvalue weighted by atomic mass is 10.1. The molecule has 2 aromatic carbocycles. The lowest BCUT2D eigenvalue weighted by Crippen LogP contribution is -2.28. The van der Waals surface area contributed by atoms with E-state index < -0.39 is 5.92 Å². The van der Waals surface area contributed by atoms with E-state index in [1.54, 1.807) is 11.1 Å². The minimum Gasteiger partial charge on any atom is -0.333 e. The highest BCUT2D eigenvalue weighted by atomic mass is 32.1. The Bertz CT molecular complexity index is 1310. The lowest BCUT2D eigenvalue weighted by molar-refractivity contribution is -0.122.